The maximum absolute atomic E-state index is 9.04. The van der Waals surface area contributed by atoms with E-state index in [4.69, 9.17) is 10.9 Å². The summed E-state index contributed by atoms with van der Waals surface area (Å²) < 4.78 is 0. The number of hydrazine groups is 1. The van der Waals surface area contributed by atoms with E-state index < -0.39 is 0 Å². The fourth-order valence-electron chi connectivity index (χ4n) is 1.39. The summed E-state index contributed by atoms with van der Waals surface area (Å²) in [5.41, 5.74) is 4.14. The molecule has 0 atom stereocenters. The molecule has 0 unspecified atom stereocenters. The smallest absolute Gasteiger partial charge is 0.161 e. The zero-order chi connectivity index (χ0) is 11.4. The third-order valence-electron chi connectivity index (χ3n) is 2.17. The molecule has 0 aliphatic rings. The fourth-order valence-corrected chi connectivity index (χ4v) is 1.39. The van der Waals surface area contributed by atoms with Crippen LogP contribution in [0.1, 0.15) is 5.56 Å². The third-order valence-corrected chi connectivity index (χ3v) is 2.17. The second kappa shape index (κ2) is 4.69. The zero-order valence-corrected chi connectivity index (χ0v) is 8.59. The van der Waals surface area contributed by atoms with Gasteiger partial charge in [0, 0.05) is 17.8 Å². The van der Waals surface area contributed by atoms with Crippen LogP contribution in [-0.4, -0.2) is 15.1 Å². The van der Waals surface area contributed by atoms with E-state index in [1.807, 2.05) is 24.3 Å². The molecule has 16 heavy (non-hydrogen) atoms. The minimum atomic E-state index is 0.00265. The third kappa shape index (κ3) is 2.16. The molecule has 0 amide bonds. The SMILES string of the molecule is NNc1ccnc(-c2cccc(CO)c2)n1. The number of aliphatic hydroxyl groups excluding tert-OH is 1. The van der Waals surface area contributed by atoms with Crippen molar-refractivity contribution in [2.24, 2.45) is 5.84 Å². The van der Waals surface area contributed by atoms with Gasteiger partial charge in [0.1, 0.15) is 5.82 Å². The molecular weight excluding hydrogens is 204 g/mol. The van der Waals surface area contributed by atoms with Gasteiger partial charge < -0.3 is 10.5 Å². The lowest BCUT2D eigenvalue weighted by Crippen LogP contribution is -2.09. The van der Waals surface area contributed by atoms with Crippen molar-refractivity contribution in [2.45, 2.75) is 6.61 Å². The van der Waals surface area contributed by atoms with Gasteiger partial charge in [-0.1, -0.05) is 18.2 Å². The number of nitrogen functional groups attached to an aromatic ring is 1. The molecule has 0 saturated carbocycles. The Labute approximate surface area is 92.9 Å². The second-order valence-corrected chi connectivity index (χ2v) is 3.27. The van der Waals surface area contributed by atoms with Gasteiger partial charge in [-0.25, -0.2) is 15.8 Å². The summed E-state index contributed by atoms with van der Waals surface area (Å²) in [6.07, 6.45) is 1.63. The Kier molecular flexibility index (Phi) is 3.09. The lowest BCUT2D eigenvalue weighted by atomic mass is 10.1. The van der Waals surface area contributed by atoms with Crippen LogP contribution in [-0.2, 0) is 6.61 Å². The average Bonchev–Trinajstić information content (AvgIpc) is 2.39. The Morgan fingerprint density at radius 3 is 2.94 bits per heavy atom. The number of hydrogen-bond acceptors (Lipinski definition) is 5. The first kappa shape index (κ1) is 10.5. The summed E-state index contributed by atoms with van der Waals surface area (Å²) in [7, 11) is 0. The number of aliphatic hydroxyl groups is 1. The van der Waals surface area contributed by atoms with E-state index in [0.717, 1.165) is 11.1 Å². The number of rotatable bonds is 3. The van der Waals surface area contributed by atoms with Gasteiger partial charge in [-0.15, -0.1) is 0 Å². The molecule has 5 nitrogen and oxygen atoms in total. The lowest BCUT2D eigenvalue weighted by Gasteiger charge is -2.04. The van der Waals surface area contributed by atoms with Gasteiger partial charge in [-0.2, -0.15) is 0 Å². The summed E-state index contributed by atoms with van der Waals surface area (Å²) in [5.74, 6) is 6.40. The van der Waals surface area contributed by atoms with Crippen molar-refractivity contribution in [1.29, 1.82) is 0 Å². The maximum Gasteiger partial charge on any atom is 0.161 e. The molecule has 0 aliphatic carbocycles. The van der Waals surface area contributed by atoms with E-state index in [-0.39, 0.29) is 6.61 Å². The number of nitrogens with one attached hydrogen (secondary N) is 1. The van der Waals surface area contributed by atoms with Crippen molar-refractivity contribution in [3.05, 3.63) is 42.1 Å². The van der Waals surface area contributed by atoms with Crippen molar-refractivity contribution < 1.29 is 5.11 Å². The summed E-state index contributed by atoms with van der Waals surface area (Å²) in [6.45, 7) is 0.00265. The van der Waals surface area contributed by atoms with Gasteiger partial charge in [0.25, 0.3) is 0 Å². The topological polar surface area (TPSA) is 84.1 Å². The van der Waals surface area contributed by atoms with E-state index in [2.05, 4.69) is 15.4 Å². The van der Waals surface area contributed by atoms with Gasteiger partial charge >= 0.3 is 0 Å². The molecule has 1 heterocycles. The van der Waals surface area contributed by atoms with Crippen molar-refractivity contribution in [3.63, 3.8) is 0 Å². The number of nitrogens with zero attached hydrogens (tertiary/aromatic N) is 2. The normalized spacial score (nSPS) is 10.1. The van der Waals surface area contributed by atoms with Crippen molar-refractivity contribution in [2.75, 3.05) is 5.43 Å². The maximum atomic E-state index is 9.04. The Morgan fingerprint density at radius 2 is 2.19 bits per heavy atom. The van der Waals surface area contributed by atoms with Crippen LogP contribution >= 0.6 is 0 Å². The Bertz CT molecular complexity index is 441. The Balaban J connectivity index is 2.41. The molecule has 2 rings (SSSR count). The first-order chi connectivity index (χ1) is 7.83. The predicted octanol–water partition coefficient (Wildman–Crippen LogP) is 0.921. The molecule has 0 aliphatic heterocycles. The van der Waals surface area contributed by atoms with Gasteiger partial charge in [0.2, 0.25) is 0 Å². The molecule has 0 saturated heterocycles. The Hall–Kier alpha value is -1.98. The zero-order valence-electron chi connectivity index (χ0n) is 8.59. The van der Waals surface area contributed by atoms with Crippen LogP contribution in [0.25, 0.3) is 11.4 Å². The standard InChI is InChI=1S/C11H12N4O/c12-15-10-4-5-13-11(14-10)9-3-1-2-8(6-9)7-16/h1-6,16H,7,12H2,(H,13,14,15). The largest absolute Gasteiger partial charge is 0.392 e. The number of nitrogens with two attached hydrogens (primary N) is 1. The number of hydrogen-bond donors (Lipinski definition) is 3. The Morgan fingerprint density at radius 1 is 1.31 bits per heavy atom. The van der Waals surface area contributed by atoms with E-state index in [9.17, 15) is 0 Å². The highest BCUT2D eigenvalue weighted by atomic mass is 16.3. The molecule has 82 valence electrons. The number of benzene rings is 1. The molecule has 0 bridgehead atoms. The van der Waals surface area contributed by atoms with Crippen LogP contribution in [0.15, 0.2) is 36.5 Å². The van der Waals surface area contributed by atoms with Crippen molar-refractivity contribution in [3.8, 4) is 11.4 Å². The average molecular weight is 216 g/mol. The van der Waals surface area contributed by atoms with E-state index in [0.29, 0.717) is 11.6 Å². The van der Waals surface area contributed by atoms with Crippen molar-refractivity contribution in [1.82, 2.24) is 9.97 Å². The molecule has 5 heteroatoms. The minimum absolute atomic E-state index is 0.00265. The van der Waals surface area contributed by atoms with E-state index in [1.54, 1.807) is 12.3 Å². The minimum Gasteiger partial charge on any atom is -0.392 e. The van der Waals surface area contributed by atoms with Crippen LogP contribution in [0, 0.1) is 0 Å². The molecular formula is C11H12N4O. The number of anilines is 1. The van der Waals surface area contributed by atoms with Gasteiger partial charge in [0.15, 0.2) is 5.82 Å². The van der Waals surface area contributed by atoms with Crippen LogP contribution in [0.2, 0.25) is 0 Å². The molecule has 2 aromatic rings. The van der Waals surface area contributed by atoms with Crippen molar-refractivity contribution >= 4 is 5.82 Å². The van der Waals surface area contributed by atoms with Crippen LogP contribution in [0.3, 0.4) is 0 Å². The molecule has 0 spiro atoms. The first-order valence-electron chi connectivity index (χ1n) is 4.83. The monoisotopic (exact) mass is 216 g/mol. The fraction of sp³-hybridized carbons (Fsp3) is 0.0909. The van der Waals surface area contributed by atoms with Crippen LogP contribution in [0.5, 0.6) is 0 Å². The van der Waals surface area contributed by atoms with Crippen LogP contribution < -0.4 is 11.3 Å². The molecule has 1 aromatic heterocycles. The second-order valence-electron chi connectivity index (χ2n) is 3.27. The summed E-state index contributed by atoms with van der Waals surface area (Å²) in [5, 5.41) is 9.04. The summed E-state index contributed by atoms with van der Waals surface area (Å²) in [6, 6.07) is 9.10. The lowest BCUT2D eigenvalue weighted by molar-refractivity contribution is 0.282. The number of aromatic nitrogens is 2. The molecule has 4 N–H and O–H groups in total. The molecule has 1 aromatic carbocycles. The van der Waals surface area contributed by atoms with Gasteiger partial charge in [-0.05, 0) is 11.6 Å². The highest BCUT2D eigenvalue weighted by Gasteiger charge is 2.02. The predicted molar refractivity (Wildman–Crippen MR) is 61.2 cm³/mol. The highest BCUT2D eigenvalue weighted by molar-refractivity contribution is 5.57. The first-order valence-corrected chi connectivity index (χ1v) is 4.83. The van der Waals surface area contributed by atoms with E-state index >= 15 is 0 Å². The van der Waals surface area contributed by atoms with Gasteiger partial charge in [-0.3, -0.25) is 0 Å². The van der Waals surface area contributed by atoms with Crippen LogP contribution in [0.4, 0.5) is 5.82 Å². The summed E-state index contributed by atoms with van der Waals surface area (Å²) >= 11 is 0. The molecule has 0 radical (unpaired) electrons. The highest BCUT2D eigenvalue weighted by Crippen LogP contribution is 2.17. The quantitative estimate of drug-likeness (QED) is 0.525. The van der Waals surface area contributed by atoms with E-state index in [1.165, 1.54) is 0 Å². The van der Waals surface area contributed by atoms with Gasteiger partial charge in [0.05, 0.1) is 6.61 Å². The summed E-state index contributed by atoms with van der Waals surface area (Å²) in [4.78, 5) is 8.35. The molecule has 0 fully saturated rings.